The van der Waals surface area contributed by atoms with Crippen LogP contribution in [0, 0.1) is 17.2 Å². The summed E-state index contributed by atoms with van der Waals surface area (Å²) in [6, 6.07) is 0. The summed E-state index contributed by atoms with van der Waals surface area (Å²) in [5.74, 6) is -2.06. The molecule has 0 saturated carbocycles. The third-order valence-corrected chi connectivity index (χ3v) is 2.20. The molecule has 0 aromatic carbocycles. The molecular formula is C8H10F3N. The van der Waals surface area contributed by atoms with Gasteiger partial charge in [0.05, 0.1) is 5.92 Å². The van der Waals surface area contributed by atoms with Crippen molar-refractivity contribution in [2.75, 3.05) is 0 Å². The van der Waals surface area contributed by atoms with E-state index in [1.165, 1.54) is 19.1 Å². The Labute approximate surface area is 68.8 Å². The Morgan fingerprint density at radius 1 is 1.50 bits per heavy atom. The minimum Gasteiger partial charge on any atom is -0.305 e. The fourth-order valence-corrected chi connectivity index (χ4v) is 1.33. The van der Waals surface area contributed by atoms with Gasteiger partial charge in [0, 0.05) is 11.6 Å². The average Bonchev–Trinajstić information content (AvgIpc) is 1.92. The lowest BCUT2D eigenvalue weighted by molar-refractivity contribution is -0.180. The third kappa shape index (κ3) is 1.68. The van der Waals surface area contributed by atoms with Crippen molar-refractivity contribution in [2.24, 2.45) is 11.8 Å². The number of rotatable bonds is 0. The normalized spacial score (nSPS) is 30.8. The fourth-order valence-electron chi connectivity index (χ4n) is 1.33. The van der Waals surface area contributed by atoms with E-state index in [1.54, 1.807) is 0 Å². The standard InChI is InChI=1S/C8H10F3N/c1-5-6(8(9,10)11)3-2-4-7(5)12/h2,4-6,12H,3H2,1H3. The van der Waals surface area contributed by atoms with E-state index < -0.39 is 18.0 Å². The van der Waals surface area contributed by atoms with Gasteiger partial charge in [-0.1, -0.05) is 13.0 Å². The molecule has 0 fully saturated rings. The largest absolute Gasteiger partial charge is 0.392 e. The van der Waals surface area contributed by atoms with Crippen molar-refractivity contribution in [2.45, 2.75) is 19.5 Å². The first kappa shape index (κ1) is 9.29. The van der Waals surface area contributed by atoms with Gasteiger partial charge < -0.3 is 5.41 Å². The van der Waals surface area contributed by atoms with Crippen LogP contribution in [0.4, 0.5) is 13.2 Å². The second-order valence-electron chi connectivity index (χ2n) is 3.03. The number of halogens is 3. The third-order valence-electron chi connectivity index (χ3n) is 2.20. The van der Waals surface area contributed by atoms with E-state index in [4.69, 9.17) is 5.41 Å². The lowest BCUT2D eigenvalue weighted by Crippen LogP contribution is -2.34. The van der Waals surface area contributed by atoms with Crippen LogP contribution in [0.15, 0.2) is 12.2 Å². The van der Waals surface area contributed by atoms with Crippen LogP contribution in [-0.4, -0.2) is 11.9 Å². The van der Waals surface area contributed by atoms with Crippen molar-refractivity contribution >= 4 is 5.71 Å². The maximum atomic E-state index is 12.2. The fraction of sp³-hybridized carbons (Fsp3) is 0.625. The zero-order valence-electron chi connectivity index (χ0n) is 6.65. The van der Waals surface area contributed by atoms with Crippen LogP contribution in [0.2, 0.25) is 0 Å². The van der Waals surface area contributed by atoms with Crippen LogP contribution in [-0.2, 0) is 0 Å². The summed E-state index contributed by atoms with van der Waals surface area (Å²) in [5, 5.41) is 7.22. The lowest BCUT2D eigenvalue weighted by atomic mass is 9.83. The average molecular weight is 177 g/mol. The number of hydrogen-bond acceptors (Lipinski definition) is 1. The Hall–Kier alpha value is -0.800. The number of nitrogens with one attached hydrogen (secondary N) is 1. The van der Waals surface area contributed by atoms with Crippen molar-refractivity contribution in [1.82, 2.24) is 0 Å². The number of alkyl halides is 3. The molecule has 1 nitrogen and oxygen atoms in total. The summed E-state index contributed by atoms with van der Waals surface area (Å²) in [5.41, 5.74) is 0.0728. The molecule has 4 heteroatoms. The predicted octanol–water partition coefficient (Wildman–Crippen LogP) is 2.78. The summed E-state index contributed by atoms with van der Waals surface area (Å²) in [4.78, 5) is 0. The molecule has 0 aliphatic heterocycles. The highest BCUT2D eigenvalue weighted by molar-refractivity contribution is 5.95. The molecule has 12 heavy (non-hydrogen) atoms. The van der Waals surface area contributed by atoms with Gasteiger partial charge in [0.2, 0.25) is 0 Å². The minimum atomic E-state index is -4.17. The molecule has 0 aromatic heterocycles. The van der Waals surface area contributed by atoms with Gasteiger partial charge in [-0.25, -0.2) is 0 Å². The number of hydrogen-bond donors (Lipinski definition) is 1. The van der Waals surface area contributed by atoms with Crippen molar-refractivity contribution < 1.29 is 13.2 Å². The van der Waals surface area contributed by atoms with E-state index in [1.807, 2.05) is 0 Å². The maximum absolute atomic E-state index is 12.2. The lowest BCUT2D eigenvalue weighted by Gasteiger charge is -2.27. The first-order valence-electron chi connectivity index (χ1n) is 3.74. The second-order valence-corrected chi connectivity index (χ2v) is 3.03. The zero-order valence-corrected chi connectivity index (χ0v) is 6.65. The van der Waals surface area contributed by atoms with Gasteiger partial charge in [-0.3, -0.25) is 0 Å². The smallest absolute Gasteiger partial charge is 0.305 e. The summed E-state index contributed by atoms with van der Waals surface area (Å²) in [6.07, 6.45) is -1.29. The molecule has 0 radical (unpaired) electrons. The monoisotopic (exact) mass is 177 g/mol. The molecule has 68 valence electrons. The molecule has 0 heterocycles. The summed E-state index contributed by atoms with van der Waals surface area (Å²) in [7, 11) is 0. The molecule has 1 aliphatic carbocycles. The Balaban J connectivity index is 2.81. The summed E-state index contributed by atoms with van der Waals surface area (Å²) >= 11 is 0. The first-order valence-corrected chi connectivity index (χ1v) is 3.74. The Morgan fingerprint density at radius 2 is 2.08 bits per heavy atom. The summed E-state index contributed by atoms with van der Waals surface area (Å²) < 4.78 is 36.7. The van der Waals surface area contributed by atoms with E-state index >= 15 is 0 Å². The van der Waals surface area contributed by atoms with Gasteiger partial charge in [-0.15, -0.1) is 0 Å². The molecule has 1 N–H and O–H groups in total. The van der Waals surface area contributed by atoms with E-state index in [9.17, 15) is 13.2 Å². The molecule has 0 bridgehead atoms. The highest BCUT2D eigenvalue weighted by atomic mass is 19.4. The van der Waals surface area contributed by atoms with E-state index in [0.29, 0.717) is 0 Å². The molecular weight excluding hydrogens is 167 g/mol. The van der Waals surface area contributed by atoms with Gasteiger partial charge in [0.1, 0.15) is 0 Å². The van der Waals surface area contributed by atoms with Gasteiger partial charge in [-0.05, 0) is 12.5 Å². The van der Waals surface area contributed by atoms with Crippen LogP contribution >= 0.6 is 0 Å². The zero-order chi connectivity index (χ0) is 9.35. The van der Waals surface area contributed by atoms with Crippen LogP contribution in [0.3, 0.4) is 0 Å². The predicted molar refractivity (Wildman–Crippen MR) is 40.2 cm³/mol. The van der Waals surface area contributed by atoms with Crippen LogP contribution in [0.5, 0.6) is 0 Å². The highest BCUT2D eigenvalue weighted by Gasteiger charge is 2.44. The Kier molecular flexibility index (Phi) is 2.26. The van der Waals surface area contributed by atoms with Crippen LogP contribution in [0.1, 0.15) is 13.3 Å². The molecule has 1 aliphatic rings. The van der Waals surface area contributed by atoms with Crippen LogP contribution in [0.25, 0.3) is 0 Å². The maximum Gasteiger partial charge on any atom is 0.392 e. The number of allylic oxidation sites excluding steroid dienone is 2. The van der Waals surface area contributed by atoms with Crippen LogP contribution < -0.4 is 0 Å². The molecule has 2 atom stereocenters. The molecule has 0 aromatic rings. The SMILES string of the molecule is CC1C(=N)C=CCC1C(F)(F)F. The highest BCUT2D eigenvalue weighted by Crippen LogP contribution is 2.37. The summed E-state index contributed by atoms with van der Waals surface area (Å²) in [6.45, 7) is 1.45. The van der Waals surface area contributed by atoms with Crippen molar-refractivity contribution in [3.8, 4) is 0 Å². The second kappa shape index (κ2) is 2.92. The Bertz CT molecular complexity index is 217. The molecule has 0 spiro atoms. The van der Waals surface area contributed by atoms with Gasteiger partial charge in [-0.2, -0.15) is 13.2 Å². The first-order chi connectivity index (χ1) is 5.43. The molecule has 0 saturated heterocycles. The quantitative estimate of drug-likeness (QED) is 0.588. The van der Waals surface area contributed by atoms with Crippen molar-refractivity contribution in [3.63, 3.8) is 0 Å². The van der Waals surface area contributed by atoms with Gasteiger partial charge >= 0.3 is 6.18 Å². The van der Waals surface area contributed by atoms with E-state index in [2.05, 4.69) is 0 Å². The molecule has 2 unspecified atom stereocenters. The van der Waals surface area contributed by atoms with Crippen molar-refractivity contribution in [1.29, 1.82) is 5.41 Å². The van der Waals surface area contributed by atoms with E-state index in [0.717, 1.165) is 0 Å². The van der Waals surface area contributed by atoms with Gasteiger partial charge in [0.15, 0.2) is 0 Å². The molecule has 1 rings (SSSR count). The topological polar surface area (TPSA) is 23.9 Å². The Morgan fingerprint density at radius 3 is 2.50 bits per heavy atom. The van der Waals surface area contributed by atoms with E-state index in [-0.39, 0.29) is 12.1 Å². The minimum absolute atomic E-state index is 0.00699. The van der Waals surface area contributed by atoms with Gasteiger partial charge in [0.25, 0.3) is 0 Å². The van der Waals surface area contributed by atoms with Crippen molar-refractivity contribution in [3.05, 3.63) is 12.2 Å². The molecule has 0 amide bonds.